The Morgan fingerprint density at radius 2 is 1.62 bits per heavy atom. The quantitative estimate of drug-likeness (QED) is 0.637. The highest BCUT2D eigenvalue weighted by atomic mass is 35.5. The molecule has 2 aromatic rings. The van der Waals surface area contributed by atoms with Crippen LogP contribution in [0.3, 0.4) is 0 Å². The van der Waals surface area contributed by atoms with Crippen molar-refractivity contribution in [2.24, 2.45) is 0 Å². The van der Waals surface area contributed by atoms with Gasteiger partial charge in [-0.1, -0.05) is 35.3 Å². The number of carbonyl (C=O) groups excluding carboxylic acids is 2. The minimum absolute atomic E-state index is 0.0864. The van der Waals surface area contributed by atoms with E-state index < -0.39 is 0 Å². The van der Waals surface area contributed by atoms with Gasteiger partial charge in [-0.15, -0.1) is 0 Å². The van der Waals surface area contributed by atoms with Crippen LogP contribution in [0.2, 0.25) is 10.0 Å². The first-order valence-corrected chi connectivity index (χ1v) is 8.99. The van der Waals surface area contributed by atoms with Crippen LogP contribution in [-0.4, -0.2) is 31.5 Å². The SMILES string of the molecule is O=C(CCCOc1ccc(Cl)cc1)NCCNC(=O)c1ccccc1Cl. The standard InChI is InChI=1S/C19H20Cl2N2O3/c20-14-7-9-15(10-8-14)26-13-3-6-18(24)22-11-12-23-19(25)16-4-1-2-5-17(16)21/h1-2,4-5,7-10H,3,6,11-13H2,(H,22,24)(H,23,25). The molecule has 2 aromatic carbocycles. The smallest absolute Gasteiger partial charge is 0.252 e. The van der Waals surface area contributed by atoms with Gasteiger partial charge in [0.1, 0.15) is 5.75 Å². The molecular formula is C19H20Cl2N2O3. The molecule has 5 nitrogen and oxygen atoms in total. The molecule has 138 valence electrons. The lowest BCUT2D eigenvalue weighted by atomic mass is 10.2. The maximum atomic E-state index is 11.9. The van der Waals surface area contributed by atoms with E-state index >= 15 is 0 Å². The Bertz CT molecular complexity index is 736. The molecule has 2 rings (SSSR count). The summed E-state index contributed by atoms with van der Waals surface area (Å²) in [5.74, 6) is 0.370. The van der Waals surface area contributed by atoms with Crippen LogP contribution in [-0.2, 0) is 4.79 Å². The van der Waals surface area contributed by atoms with Gasteiger partial charge in [0.2, 0.25) is 5.91 Å². The molecule has 0 bridgehead atoms. The van der Waals surface area contributed by atoms with Crippen LogP contribution in [0.5, 0.6) is 5.75 Å². The van der Waals surface area contributed by atoms with Crippen LogP contribution < -0.4 is 15.4 Å². The second kappa shape index (κ2) is 10.7. The fourth-order valence-corrected chi connectivity index (χ4v) is 2.51. The largest absolute Gasteiger partial charge is 0.494 e. The van der Waals surface area contributed by atoms with Crippen LogP contribution in [0.4, 0.5) is 0 Å². The average Bonchev–Trinajstić information content (AvgIpc) is 2.64. The second-order valence-electron chi connectivity index (χ2n) is 5.49. The Balaban J connectivity index is 1.55. The van der Waals surface area contributed by atoms with Gasteiger partial charge in [-0.25, -0.2) is 0 Å². The van der Waals surface area contributed by atoms with Crippen molar-refractivity contribution in [1.82, 2.24) is 10.6 Å². The van der Waals surface area contributed by atoms with Crippen molar-refractivity contribution < 1.29 is 14.3 Å². The predicted molar refractivity (Wildman–Crippen MR) is 103 cm³/mol. The zero-order chi connectivity index (χ0) is 18.8. The Hall–Kier alpha value is -2.24. The minimum Gasteiger partial charge on any atom is -0.494 e. The monoisotopic (exact) mass is 394 g/mol. The Labute approximate surface area is 162 Å². The van der Waals surface area contributed by atoms with Crippen molar-refractivity contribution in [2.45, 2.75) is 12.8 Å². The summed E-state index contributed by atoms with van der Waals surface area (Å²) in [5, 5.41) is 6.51. The van der Waals surface area contributed by atoms with E-state index in [1.54, 1.807) is 48.5 Å². The van der Waals surface area contributed by atoms with E-state index in [2.05, 4.69) is 10.6 Å². The maximum Gasteiger partial charge on any atom is 0.252 e. The Morgan fingerprint density at radius 1 is 0.923 bits per heavy atom. The molecule has 0 saturated heterocycles. The van der Waals surface area contributed by atoms with Crippen LogP contribution in [0, 0.1) is 0 Å². The summed E-state index contributed by atoms with van der Waals surface area (Å²) >= 11 is 11.8. The van der Waals surface area contributed by atoms with E-state index in [4.69, 9.17) is 27.9 Å². The van der Waals surface area contributed by atoms with Gasteiger partial charge in [0.05, 0.1) is 17.2 Å². The van der Waals surface area contributed by atoms with Crippen molar-refractivity contribution in [2.75, 3.05) is 19.7 Å². The number of amides is 2. The van der Waals surface area contributed by atoms with Crippen LogP contribution in [0.25, 0.3) is 0 Å². The molecule has 26 heavy (non-hydrogen) atoms. The summed E-state index contributed by atoms with van der Waals surface area (Å²) in [7, 11) is 0. The van der Waals surface area contributed by atoms with Crippen molar-refractivity contribution in [3.05, 3.63) is 64.1 Å². The lowest BCUT2D eigenvalue weighted by molar-refractivity contribution is -0.121. The van der Waals surface area contributed by atoms with Gasteiger partial charge >= 0.3 is 0 Å². The topological polar surface area (TPSA) is 67.4 Å². The number of ether oxygens (including phenoxy) is 1. The highest BCUT2D eigenvalue weighted by molar-refractivity contribution is 6.33. The number of halogens is 2. The first-order chi connectivity index (χ1) is 12.6. The lowest BCUT2D eigenvalue weighted by Gasteiger charge is -2.09. The molecule has 2 N–H and O–H groups in total. The summed E-state index contributed by atoms with van der Waals surface area (Å²) in [6, 6.07) is 13.9. The summed E-state index contributed by atoms with van der Waals surface area (Å²) < 4.78 is 5.52. The summed E-state index contributed by atoms with van der Waals surface area (Å²) in [6.45, 7) is 1.13. The number of hydrogen-bond donors (Lipinski definition) is 2. The third kappa shape index (κ3) is 6.94. The first kappa shape index (κ1) is 20.1. The van der Waals surface area contributed by atoms with Crippen molar-refractivity contribution >= 4 is 35.0 Å². The van der Waals surface area contributed by atoms with Crippen LogP contribution in [0.15, 0.2) is 48.5 Å². The van der Waals surface area contributed by atoms with Crippen molar-refractivity contribution in [3.8, 4) is 5.75 Å². The van der Waals surface area contributed by atoms with E-state index in [-0.39, 0.29) is 11.8 Å². The van der Waals surface area contributed by atoms with Gasteiger partial charge in [-0.3, -0.25) is 9.59 Å². The van der Waals surface area contributed by atoms with E-state index in [0.717, 1.165) is 5.75 Å². The Morgan fingerprint density at radius 3 is 2.35 bits per heavy atom. The summed E-state index contributed by atoms with van der Waals surface area (Å²) in [6.07, 6.45) is 0.951. The fraction of sp³-hybridized carbons (Fsp3) is 0.263. The number of rotatable bonds is 9. The first-order valence-electron chi connectivity index (χ1n) is 8.24. The van der Waals surface area contributed by atoms with Gasteiger partial charge < -0.3 is 15.4 Å². The molecule has 0 heterocycles. The van der Waals surface area contributed by atoms with Gasteiger partial charge in [0, 0.05) is 24.5 Å². The molecule has 0 fully saturated rings. The summed E-state index contributed by atoms with van der Waals surface area (Å²) in [5.41, 5.74) is 0.417. The molecular weight excluding hydrogens is 375 g/mol. The highest BCUT2D eigenvalue weighted by Gasteiger charge is 2.08. The van der Waals surface area contributed by atoms with Gasteiger partial charge in [-0.2, -0.15) is 0 Å². The molecule has 0 spiro atoms. The lowest BCUT2D eigenvalue weighted by Crippen LogP contribution is -2.34. The third-order valence-electron chi connectivity index (χ3n) is 3.48. The third-order valence-corrected chi connectivity index (χ3v) is 4.06. The minimum atomic E-state index is -0.263. The molecule has 0 aliphatic carbocycles. The zero-order valence-corrected chi connectivity index (χ0v) is 15.6. The van der Waals surface area contributed by atoms with E-state index in [1.165, 1.54) is 0 Å². The molecule has 7 heteroatoms. The molecule has 0 aromatic heterocycles. The van der Waals surface area contributed by atoms with Crippen molar-refractivity contribution in [3.63, 3.8) is 0 Å². The molecule has 0 aliphatic rings. The predicted octanol–water partition coefficient (Wildman–Crippen LogP) is 3.70. The number of nitrogens with one attached hydrogen (secondary N) is 2. The number of benzene rings is 2. The highest BCUT2D eigenvalue weighted by Crippen LogP contribution is 2.16. The van der Waals surface area contributed by atoms with Gasteiger partial charge in [0.15, 0.2) is 0 Å². The fourth-order valence-electron chi connectivity index (χ4n) is 2.16. The second-order valence-corrected chi connectivity index (χ2v) is 6.34. The average molecular weight is 395 g/mol. The van der Waals surface area contributed by atoms with Gasteiger partial charge in [0.25, 0.3) is 5.91 Å². The van der Waals surface area contributed by atoms with E-state index in [1.807, 2.05) is 0 Å². The van der Waals surface area contributed by atoms with Crippen LogP contribution in [0.1, 0.15) is 23.2 Å². The normalized spacial score (nSPS) is 10.2. The zero-order valence-electron chi connectivity index (χ0n) is 14.1. The Kier molecular flexibility index (Phi) is 8.25. The molecule has 0 atom stereocenters. The number of carbonyl (C=O) groups is 2. The van der Waals surface area contributed by atoms with E-state index in [0.29, 0.717) is 48.1 Å². The molecule has 0 unspecified atom stereocenters. The molecule has 0 aliphatic heterocycles. The van der Waals surface area contributed by atoms with E-state index in [9.17, 15) is 9.59 Å². The van der Waals surface area contributed by atoms with Crippen LogP contribution >= 0.6 is 23.2 Å². The molecule has 2 amide bonds. The van der Waals surface area contributed by atoms with Crippen molar-refractivity contribution in [1.29, 1.82) is 0 Å². The molecule has 0 saturated carbocycles. The van der Waals surface area contributed by atoms with Gasteiger partial charge in [-0.05, 0) is 42.8 Å². The molecule has 0 radical (unpaired) electrons. The maximum absolute atomic E-state index is 11.9. The number of hydrogen-bond acceptors (Lipinski definition) is 3. The summed E-state index contributed by atoms with van der Waals surface area (Å²) in [4.78, 5) is 23.7.